The molecule has 7 heteroatoms. The summed E-state index contributed by atoms with van der Waals surface area (Å²) in [6, 6.07) is 7.16. The van der Waals surface area contributed by atoms with Crippen molar-refractivity contribution < 1.29 is 5.11 Å². The van der Waals surface area contributed by atoms with Crippen LogP contribution in [0.15, 0.2) is 35.3 Å². The van der Waals surface area contributed by atoms with Crippen LogP contribution < -0.4 is 5.56 Å². The molecule has 3 aromatic rings. The normalized spacial score (nSPS) is 12.7. The van der Waals surface area contributed by atoms with Gasteiger partial charge >= 0.3 is 0 Å². The summed E-state index contributed by atoms with van der Waals surface area (Å²) in [6.45, 7) is 2.16. The molecule has 2 N–H and O–H groups in total. The number of fused-ring (bicyclic) bond motifs is 1. The summed E-state index contributed by atoms with van der Waals surface area (Å²) in [4.78, 5) is 19.1. The summed E-state index contributed by atoms with van der Waals surface area (Å²) in [5.41, 5.74) is 0.982. The van der Waals surface area contributed by atoms with E-state index in [0.717, 1.165) is 0 Å². The highest BCUT2D eigenvalue weighted by Gasteiger charge is 2.11. The van der Waals surface area contributed by atoms with Gasteiger partial charge in [-0.15, -0.1) is 5.10 Å². The predicted octanol–water partition coefficient (Wildman–Crippen LogP) is 1.01. The second kappa shape index (κ2) is 5.45. The van der Waals surface area contributed by atoms with Crippen molar-refractivity contribution in [2.45, 2.75) is 26.0 Å². The number of rotatable bonds is 4. The van der Waals surface area contributed by atoms with Gasteiger partial charge in [0, 0.05) is 0 Å². The largest absolute Gasteiger partial charge is 0.387 e. The summed E-state index contributed by atoms with van der Waals surface area (Å²) >= 11 is 0. The molecule has 0 saturated carbocycles. The Morgan fingerprint density at radius 2 is 2.19 bits per heavy atom. The van der Waals surface area contributed by atoms with Crippen molar-refractivity contribution in [3.63, 3.8) is 0 Å². The number of aromatic amines is 1. The smallest absolute Gasteiger partial charge is 0.258 e. The lowest BCUT2D eigenvalue weighted by Crippen LogP contribution is -2.14. The van der Waals surface area contributed by atoms with Crippen LogP contribution in [0.1, 0.15) is 31.0 Å². The van der Waals surface area contributed by atoms with Gasteiger partial charge in [0.25, 0.3) is 5.56 Å². The molecule has 21 heavy (non-hydrogen) atoms. The third kappa shape index (κ3) is 2.68. The van der Waals surface area contributed by atoms with E-state index in [-0.39, 0.29) is 5.56 Å². The lowest BCUT2D eigenvalue weighted by molar-refractivity contribution is 0.168. The molecule has 2 aromatic heterocycles. The Labute approximate surface area is 120 Å². The van der Waals surface area contributed by atoms with E-state index in [9.17, 15) is 9.90 Å². The molecular formula is C14H15N5O2. The van der Waals surface area contributed by atoms with E-state index in [4.69, 9.17) is 0 Å². The van der Waals surface area contributed by atoms with Crippen molar-refractivity contribution >= 4 is 10.9 Å². The van der Waals surface area contributed by atoms with Crippen LogP contribution in [0.5, 0.6) is 0 Å². The van der Waals surface area contributed by atoms with Crippen LogP contribution in [0.4, 0.5) is 0 Å². The van der Waals surface area contributed by atoms with Crippen molar-refractivity contribution in [3.05, 3.63) is 52.3 Å². The second-order valence-corrected chi connectivity index (χ2v) is 4.79. The average molecular weight is 285 g/mol. The molecular weight excluding hydrogens is 270 g/mol. The molecule has 0 bridgehead atoms. The molecule has 1 atom stereocenters. The number of nitrogens with zero attached hydrogens (tertiary/aromatic N) is 4. The van der Waals surface area contributed by atoms with E-state index in [1.165, 1.54) is 0 Å². The number of hydrogen-bond acceptors (Lipinski definition) is 5. The number of aliphatic hydroxyl groups is 1. The summed E-state index contributed by atoms with van der Waals surface area (Å²) in [5, 5.41) is 18.1. The minimum atomic E-state index is -0.623. The van der Waals surface area contributed by atoms with E-state index in [1.807, 2.05) is 13.0 Å². The number of benzene rings is 1. The summed E-state index contributed by atoms with van der Waals surface area (Å²) in [7, 11) is 0. The van der Waals surface area contributed by atoms with Gasteiger partial charge in [0.05, 0.1) is 23.2 Å². The molecule has 0 saturated heterocycles. The van der Waals surface area contributed by atoms with E-state index < -0.39 is 6.10 Å². The Balaban J connectivity index is 1.91. The highest BCUT2D eigenvalue weighted by atomic mass is 16.3. The lowest BCUT2D eigenvalue weighted by atomic mass is 10.2. The Kier molecular flexibility index (Phi) is 3.49. The fourth-order valence-electron chi connectivity index (χ4n) is 2.12. The third-order valence-electron chi connectivity index (χ3n) is 3.26. The van der Waals surface area contributed by atoms with Gasteiger partial charge in [-0.3, -0.25) is 4.79 Å². The summed E-state index contributed by atoms with van der Waals surface area (Å²) in [5.74, 6) is 0.501. The first kappa shape index (κ1) is 13.4. The van der Waals surface area contributed by atoms with Crippen molar-refractivity contribution in [2.24, 2.45) is 0 Å². The van der Waals surface area contributed by atoms with Crippen molar-refractivity contribution in [1.29, 1.82) is 0 Å². The molecule has 7 nitrogen and oxygen atoms in total. The first-order chi connectivity index (χ1) is 10.2. The fraction of sp³-hybridized carbons (Fsp3) is 0.286. The molecule has 0 aliphatic carbocycles. The Morgan fingerprint density at radius 3 is 3.00 bits per heavy atom. The first-order valence-corrected chi connectivity index (χ1v) is 6.73. The molecule has 1 aromatic carbocycles. The zero-order chi connectivity index (χ0) is 14.8. The maximum absolute atomic E-state index is 12.0. The zero-order valence-electron chi connectivity index (χ0n) is 11.5. The highest BCUT2D eigenvalue weighted by Crippen LogP contribution is 2.12. The first-order valence-electron chi connectivity index (χ1n) is 6.73. The number of hydrogen-bond donors (Lipinski definition) is 2. The summed E-state index contributed by atoms with van der Waals surface area (Å²) < 4.78 is 1.54. The number of nitrogens with one attached hydrogen (secondary N) is 1. The minimum Gasteiger partial charge on any atom is -0.387 e. The van der Waals surface area contributed by atoms with E-state index in [2.05, 4.69) is 20.3 Å². The van der Waals surface area contributed by atoms with Crippen LogP contribution in [0, 0.1) is 0 Å². The van der Waals surface area contributed by atoms with Crippen LogP contribution >= 0.6 is 0 Å². The van der Waals surface area contributed by atoms with Crippen LogP contribution in [0.3, 0.4) is 0 Å². The van der Waals surface area contributed by atoms with Gasteiger partial charge in [-0.05, 0) is 18.6 Å². The topological polar surface area (TPSA) is 96.7 Å². The molecule has 0 radical (unpaired) electrons. The van der Waals surface area contributed by atoms with Crippen LogP contribution in [-0.2, 0) is 6.54 Å². The molecule has 0 aliphatic rings. The predicted molar refractivity (Wildman–Crippen MR) is 76.7 cm³/mol. The number of aromatic nitrogens is 5. The number of aliphatic hydroxyl groups excluding tert-OH is 1. The van der Waals surface area contributed by atoms with E-state index >= 15 is 0 Å². The molecule has 0 aliphatic heterocycles. The molecule has 0 spiro atoms. The second-order valence-electron chi connectivity index (χ2n) is 4.79. The van der Waals surface area contributed by atoms with Crippen LogP contribution in [0.2, 0.25) is 0 Å². The Hall–Kier alpha value is -2.54. The Morgan fingerprint density at radius 1 is 1.38 bits per heavy atom. The quantitative estimate of drug-likeness (QED) is 0.745. The Bertz CT molecular complexity index is 823. The van der Waals surface area contributed by atoms with Gasteiger partial charge in [-0.2, -0.15) is 0 Å². The van der Waals surface area contributed by atoms with E-state index in [0.29, 0.717) is 35.4 Å². The minimum absolute atomic E-state index is 0.176. The van der Waals surface area contributed by atoms with Crippen molar-refractivity contribution in [3.8, 4) is 0 Å². The number of para-hydroxylation sites is 1. The maximum Gasteiger partial charge on any atom is 0.258 e. The van der Waals surface area contributed by atoms with Crippen molar-refractivity contribution in [2.75, 3.05) is 0 Å². The molecule has 2 heterocycles. The molecule has 0 amide bonds. The third-order valence-corrected chi connectivity index (χ3v) is 3.26. The van der Waals surface area contributed by atoms with Crippen molar-refractivity contribution in [1.82, 2.24) is 25.0 Å². The average Bonchev–Trinajstić information content (AvgIpc) is 2.95. The van der Waals surface area contributed by atoms with Crippen LogP contribution in [-0.4, -0.2) is 30.1 Å². The fourth-order valence-corrected chi connectivity index (χ4v) is 2.12. The zero-order valence-corrected chi connectivity index (χ0v) is 11.5. The van der Waals surface area contributed by atoms with Gasteiger partial charge < -0.3 is 10.1 Å². The number of H-pyrrole nitrogens is 1. The van der Waals surface area contributed by atoms with Crippen LogP contribution in [0.25, 0.3) is 10.9 Å². The monoisotopic (exact) mass is 285 g/mol. The van der Waals surface area contributed by atoms with Gasteiger partial charge in [0.2, 0.25) is 0 Å². The van der Waals surface area contributed by atoms with Gasteiger partial charge in [0.1, 0.15) is 18.1 Å². The lowest BCUT2D eigenvalue weighted by Gasteiger charge is -2.03. The molecule has 108 valence electrons. The van der Waals surface area contributed by atoms with Gasteiger partial charge in [-0.25, -0.2) is 9.67 Å². The summed E-state index contributed by atoms with van der Waals surface area (Å²) in [6.07, 6.45) is 1.61. The molecule has 3 rings (SSSR count). The van der Waals surface area contributed by atoms with E-state index in [1.54, 1.807) is 29.1 Å². The standard InChI is InChI=1S/C14H15N5O2/c1-2-12(20)11-7-19(18-17-11)8-13-15-10-6-4-3-5-9(10)14(21)16-13/h3-7,12,20H,2,8H2,1H3,(H,15,16,21). The highest BCUT2D eigenvalue weighted by molar-refractivity contribution is 5.77. The molecule has 0 fully saturated rings. The molecule has 1 unspecified atom stereocenters. The van der Waals surface area contributed by atoms with Gasteiger partial charge in [-0.1, -0.05) is 24.3 Å². The SMILES string of the molecule is CCC(O)c1cn(Cc2nc3ccccc3c(=O)[nH]2)nn1. The van der Waals surface area contributed by atoms with Gasteiger partial charge in [0.15, 0.2) is 0 Å². The maximum atomic E-state index is 12.0.